The van der Waals surface area contributed by atoms with Crippen LogP contribution in [0.1, 0.15) is 48.6 Å². The third kappa shape index (κ3) is 6.76. The molecule has 2 heterocycles. The van der Waals surface area contributed by atoms with Crippen LogP contribution in [0, 0.1) is 0 Å². The molecule has 4 aromatic rings. The van der Waals surface area contributed by atoms with E-state index in [0.29, 0.717) is 19.4 Å². The fourth-order valence-corrected chi connectivity index (χ4v) is 5.65. The largest absolute Gasteiger partial charge is 0.462 e. The van der Waals surface area contributed by atoms with E-state index in [1.54, 1.807) is 20.5 Å². The second-order valence-corrected chi connectivity index (χ2v) is 10.6. The van der Waals surface area contributed by atoms with E-state index in [0.717, 1.165) is 47.9 Å². The lowest BCUT2D eigenvalue weighted by Gasteiger charge is -2.35. The molecule has 0 unspecified atom stereocenters. The fraction of sp³-hybridized carbons (Fsp3) is 0.343. The molecular formula is C35H41N3O4. The zero-order valence-corrected chi connectivity index (χ0v) is 24.8. The van der Waals surface area contributed by atoms with Crippen molar-refractivity contribution in [2.45, 2.75) is 57.5 Å². The first-order valence-corrected chi connectivity index (χ1v) is 14.7. The van der Waals surface area contributed by atoms with Crippen LogP contribution in [-0.2, 0) is 44.9 Å². The minimum atomic E-state index is -0.602. The number of benzene rings is 3. The molecule has 0 aliphatic carbocycles. The molecule has 0 saturated carbocycles. The summed E-state index contributed by atoms with van der Waals surface area (Å²) in [6, 6.07) is 31.4. The summed E-state index contributed by atoms with van der Waals surface area (Å²) in [7, 11) is 3.31. The molecule has 0 radical (unpaired) electrons. The normalized spacial score (nSPS) is 13.2. The highest BCUT2D eigenvalue weighted by molar-refractivity contribution is 5.57. The number of nitrogens with zero attached hydrogens (tertiary/aromatic N) is 2. The van der Waals surface area contributed by atoms with Crippen LogP contribution < -0.4 is 5.32 Å². The second kappa shape index (κ2) is 14.3. The maximum atomic E-state index is 6.15. The van der Waals surface area contributed by atoms with Gasteiger partial charge in [-0.15, -0.1) is 0 Å². The van der Waals surface area contributed by atoms with Crippen molar-refractivity contribution >= 4 is 0 Å². The summed E-state index contributed by atoms with van der Waals surface area (Å²) >= 11 is 0. The van der Waals surface area contributed by atoms with Crippen molar-refractivity contribution in [3.8, 4) is 11.4 Å². The number of hydrogen-bond donors (Lipinski definition) is 1. The van der Waals surface area contributed by atoms with E-state index in [1.165, 1.54) is 11.1 Å². The molecule has 220 valence electrons. The first-order chi connectivity index (χ1) is 20.7. The Bertz CT molecular complexity index is 1380. The summed E-state index contributed by atoms with van der Waals surface area (Å²) < 4.78 is 25.7. The van der Waals surface area contributed by atoms with Gasteiger partial charge in [-0.3, -0.25) is 5.32 Å². The third-order valence-electron chi connectivity index (χ3n) is 7.76. The van der Waals surface area contributed by atoms with Crippen LogP contribution in [-0.4, -0.2) is 36.1 Å². The number of hydrogen-bond acceptors (Lipinski definition) is 6. The Labute approximate surface area is 249 Å². The van der Waals surface area contributed by atoms with Gasteiger partial charge in [0, 0.05) is 32.9 Å². The number of ether oxygens (including phenoxy) is 4. The first kappa shape index (κ1) is 29.6. The van der Waals surface area contributed by atoms with Gasteiger partial charge in [0.25, 0.3) is 0 Å². The van der Waals surface area contributed by atoms with Crippen LogP contribution in [0.4, 0.5) is 0 Å². The Morgan fingerprint density at radius 3 is 2.00 bits per heavy atom. The Kier molecular flexibility index (Phi) is 10.1. The molecule has 1 N–H and O–H groups in total. The van der Waals surface area contributed by atoms with Gasteiger partial charge in [0.1, 0.15) is 17.8 Å². The average Bonchev–Trinajstić information content (AvgIpc) is 3.71. The Balaban J connectivity index is 1.61. The molecule has 3 aromatic carbocycles. The van der Waals surface area contributed by atoms with Crippen molar-refractivity contribution in [3.05, 3.63) is 126 Å². The molecule has 7 heteroatoms. The maximum Gasteiger partial charge on any atom is 0.229 e. The summed E-state index contributed by atoms with van der Waals surface area (Å²) in [5, 5.41) is 3.97. The van der Waals surface area contributed by atoms with Crippen molar-refractivity contribution in [2.75, 3.05) is 21.0 Å². The predicted molar refractivity (Wildman–Crippen MR) is 164 cm³/mol. The van der Waals surface area contributed by atoms with Crippen molar-refractivity contribution in [1.29, 1.82) is 0 Å². The van der Waals surface area contributed by atoms with Gasteiger partial charge in [-0.05, 0) is 30.4 Å². The summed E-state index contributed by atoms with van der Waals surface area (Å²) in [6.07, 6.45) is 4.66. The Hall–Kier alpha value is -3.91. The molecule has 0 saturated heterocycles. The first-order valence-electron chi connectivity index (χ1n) is 14.7. The van der Waals surface area contributed by atoms with Gasteiger partial charge in [0.2, 0.25) is 13.1 Å². The monoisotopic (exact) mass is 567 g/mol. The molecule has 0 atom stereocenters. The summed E-state index contributed by atoms with van der Waals surface area (Å²) in [6.45, 7) is 3.76. The zero-order valence-electron chi connectivity index (χ0n) is 24.8. The Morgan fingerprint density at radius 2 is 1.48 bits per heavy atom. The van der Waals surface area contributed by atoms with Gasteiger partial charge >= 0.3 is 0 Å². The number of unbranched alkanes of at least 4 members (excludes halogenated alkanes) is 1. The smallest absolute Gasteiger partial charge is 0.229 e. The maximum absolute atomic E-state index is 6.15. The molecule has 0 spiro atoms. The van der Waals surface area contributed by atoms with E-state index in [9.17, 15) is 0 Å². The van der Waals surface area contributed by atoms with Gasteiger partial charge in [-0.2, -0.15) is 0 Å². The topological polar surface area (TPSA) is 66.8 Å². The highest BCUT2D eigenvalue weighted by Gasteiger charge is 2.39. The minimum absolute atomic E-state index is 0.204. The lowest BCUT2D eigenvalue weighted by Crippen LogP contribution is -2.51. The van der Waals surface area contributed by atoms with E-state index in [4.69, 9.17) is 23.9 Å². The Morgan fingerprint density at radius 1 is 0.881 bits per heavy atom. The van der Waals surface area contributed by atoms with Crippen molar-refractivity contribution in [3.63, 3.8) is 0 Å². The fourth-order valence-electron chi connectivity index (χ4n) is 5.65. The summed E-state index contributed by atoms with van der Waals surface area (Å²) in [4.78, 5) is 5.14. The van der Waals surface area contributed by atoms with Crippen molar-refractivity contribution < 1.29 is 18.9 Å². The molecule has 42 heavy (non-hydrogen) atoms. The average molecular weight is 568 g/mol. The summed E-state index contributed by atoms with van der Waals surface area (Å²) in [5.74, 6) is 1.70. The second-order valence-electron chi connectivity index (χ2n) is 10.6. The molecule has 0 amide bonds. The van der Waals surface area contributed by atoms with Crippen LogP contribution in [0.3, 0.4) is 0 Å². The van der Waals surface area contributed by atoms with Crippen molar-refractivity contribution in [2.24, 2.45) is 0 Å². The van der Waals surface area contributed by atoms with Crippen LogP contribution >= 0.6 is 0 Å². The number of imidazole rings is 1. The summed E-state index contributed by atoms with van der Waals surface area (Å²) in [5.41, 5.74) is 4.68. The van der Waals surface area contributed by atoms with Gasteiger partial charge < -0.3 is 23.5 Å². The molecular weight excluding hydrogens is 526 g/mol. The van der Waals surface area contributed by atoms with Crippen LogP contribution in [0.5, 0.6) is 0 Å². The van der Waals surface area contributed by atoms with Crippen LogP contribution in [0.15, 0.2) is 103 Å². The van der Waals surface area contributed by atoms with Gasteiger partial charge in [0.15, 0.2) is 5.76 Å². The standard InChI is InChI=1S/C35H41N3O4/c1-4-5-21-38-30(32(34(39-2)40-3)37-33(38)29-19-13-8-14-20-29)24-36-35(31-25-41-26-42-31,22-27-15-9-6-10-16-27)23-28-17-11-7-12-18-28/h6-20,25,34,36H,4-5,21-24,26H2,1-3H3. The van der Waals surface area contributed by atoms with Gasteiger partial charge in [0.05, 0.1) is 11.2 Å². The number of rotatable bonds is 15. The van der Waals surface area contributed by atoms with E-state index in [2.05, 4.69) is 77.5 Å². The molecule has 0 fully saturated rings. The molecule has 1 aliphatic heterocycles. The molecule has 0 bridgehead atoms. The number of aromatic nitrogens is 2. The highest BCUT2D eigenvalue weighted by Crippen LogP contribution is 2.33. The lowest BCUT2D eigenvalue weighted by atomic mass is 9.82. The van der Waals surface area contributed by atoms with Gasteiger partial charge in [-0.25, -0.2) is 4.98 Å². The quantitative estimate of drug-likeness (QED) is 0.159. The highest BCUT2D eigenvalue weighted by atomic mass is 16.7. The van der Waals surface area contributed by atoms with E-state index in [1.807, 2.05) is 30.3 Å². The lowest BCUT2D eigenvalue weighted by molar-refractivity contribution is -0.109. The predicted octanol–water partition coefficient (Wildman–Crippen LogP) is 6.80. The number of nitrogens with one attached hydrogen (secondary N) is 1. The molecule has 5 rings (SSSR count). The van der Waals surface area contributed by atoms with Crippen LogP contribution in [0.2, 0.25) is 0 Å². The SMILES string of the molecule is CCCCn1c(-c2ccccc2)nc(C(OC)OC)c1CNC(Cc1ccccc1)(Cc1ccccc1)C1=COCO1. The molecule has 1 aliphatic rings. The molecule has 7 nitrogen and oxygen atoms in total. The third-order valence-corrected chi connectivity index (χ3v) is 7.76. The molecule has 1 aromatic heterocycles. The van der Waals surface area contributed by atoms with E-state index < -0.39 is 11.8 Å². The minimum Gasteiger partial charge on any atom is -0.462 e. The van der Waals surface area contributed by atoms with Crippen molar-refractivity contribution in [1.82, 2.24) is 14.9 Å². The van der Waals surface area contributed by atoms with Crippen LogP contribution in [0.25, 0.3) is 11.4 Å². The number of methoxy groups -OCH3 is 2. The van der Waals surface area contributed by atoms with E-state index in [-0.39, 0.29) is 6.79 Å². The zero-order chi connectivity index (χ0) is 29.2. The van der Waals surface area contributed by atoms with Gasteiger partial charge in [-0.1, -0.05) is 104 Å². The van der Waals surface area contributed by atoms with E-state index >= 15 is 0 Å².